The predicted octanol–water partition coefficient (Wildman–Crippen LogP) is 0.388. The van der Waals surface area contributed by atoms with Crippen molar-refractivity contribution in [2.45, 2.75) is 17.4 Å². The van der Waals surface area contributed by atoms with Crippen molar-refractivity contribution in [1.82, 2.24) is 9.21 Å². The number of thioether (sulfide) groups is 1. The molecule has 28 heavy (non-hydrogen) atoms. The van der Waals surface area contributed by atoms with Crippen LogP contribution in [0.2, 0.25) is 0 Å². The SMILES string of the molecule is O=C1C[C@H](N2CCSCC2)C(=O)N1c1ccc(S(=O)(=O)N2CCOCC2)cc1. The van der Waals surface area contributed by atoms with Gasteiger partial charge >= 0.3 is 0 Å². The van der Waals surface area contributed by atoms with E-state index in [1.807, 2.05) is 11.8 Å². The number of hydrogen-bond donors (Lipinski definition) is 0. The van der Waals surface area contributed by atoms with Crippen molar-refractivity contribution >= 4 is 39.3 Å². The van der Waals surface area contributed by atoms with Gasteiger partial charge in [0.05, 0.1) is 36.3 Å². The van der Waals surface area contributed by atoms with Crippen molar-refractivity contribution in [2.24, 2.45) is 0 Å². The molecule has 0 saturated carbocycles. The number of anilines is 1. The smallest absolute Gasteiger partial charge is 0.251 e. The number of carbonyl (C=O) groups is 2. The van der Waals surface area contributed by atoms with Crippen LogP contribution in [0.5, 0.6) is 0 Å². The van der Waals surface area contributed by atoms with Crippen LogP contribution < -0.4 is 4.90 Å². The van der Waals surface area contributed by atoms with E-state index in [2.05, 4.69) is 4.90 Å². The van der Waals surface area contributed by atoms with Crippen LogP contribution in [0.1, 0.15) is 6.42 Å². The second kappa shape index (κ2) is 8.11. The zero-order valence-electron chi connectivity index (χ0n) is 15.5. The number of nitrogens with zero attached hydrogens (tertiary/aromatic N) is 3. The molecule has 3 fully saturated rings. The number of morpholine rings is 1. The van der Waals surface area contributed by atoms with E-state index >= 15 is 0 Å². The Labute approximate surface area is 168 Å². The number of imide groups is 1. The summed E-state index contributed by atoms with van der Waals surface area (Å²) < 4.78 is 32.0. The molecular formula is C18H23N3O5S2. The van der Waals surface area contributed by atoms with Gasteiger partial charge in [0.15, 0.2) is 0 Å². The Kier molecular flexibility index (Phi) is 5.75. The monoisotopic (exact) mass is 425 g/mol. The number of benzene rings is 1. The molecule has 0 unspecified atom stereocenters. The third-order valence-electron chi connectivity index (χ3n) is 5.31. The Morgan fingerprint density at radius 2 is 1.61 bits per heavy atom. The molecule has 0 bridgehead atoms. The second-order valence-electron chi connectivity index (χ2n) is 6.95. The first kappa shape index (κ1) is 19.8. The molecule has 2 amide bonds. The van der Waals surface area contributed by atoms with Crippen LogP contribution in [0.4, 0.5) is 5.69 Å². The van der Waals surface area contributed by atoms with Crippen LogP contribution in [0, 0.1) is 0 Å². The fraction of sp³-hybridized carbons (Fsp3) is 0.556. The molecule has 0 N–H and O–H groups in total. The summed E-state index contributed by atoms with van der Waals surface area (Å²) in [6.45, 7) is 3.01. The van der Waals surface area contributed by atoms with Gasteiger partial charge in [-0.2, -0.15) is 16.1 Å². The largest absolute Gasteiger partial charge is 0.379 e. The first-order valence-electron chi connectivity index (χ1n) is 9.35. The van der Waals surface area contributed by atoms with Gasteiger partial charge in [0, 0.05) is 37.7 Å². The minimum atomic E-state index is -3.60. The van der Waals surface area contributed by atoms with Crippen molar-refractivity contribution in [3.05, 3.63) is 24.3 Å². The molecule has 0 radical (unpaired) electrons. The zero-order chi connectivity index (χ0) is 19.7. The standard InChI is InChI=1S/C18H23N3O5S2/c22-17-13-16(19-7-11-27-12-8-19)18(23)21(17)14-1-3-15(4-2-14)28(24,25)20-5-9-26-10-6-20/h1-4,16H,5-13H2/t16-/m0/s1. The number of rotatable bonds is 4. The van der Waals surface area contributed by atoms with Crippen molar-refractivity contribution in [2.75, 3.05) is 55.8 Å². The zero-order valence-corrected chi connectivity index (χ0v) is 17.1. The van der Waals surface area contributed by atoms with Gasteiger partial charge in [-0.1, -0.05) is 0 Å². The van der Waals surface area contributed by atoms with Gasteiger partial charge in [0.2, 0.25) is 15.9 Å². The molecule has 3 heterocycles. The lowest BCUT2D eigenvalue weighted by atomic mass is 10.2. The lowest BCUT2D eigenvalue weighted by Crippen LogP contribution is -2.45. The topological polar surface area (TPSA) is 87.2 Å². The number of hydrogen-bond acceptors (Lipinski definition) is 7. The molecule has 10 heteroatoms. The molecular weight excluding hydrogens is 402 g/mol. The molecule has 0 spiro atoms. The van der Waals surface area contributed by atoms with E-state index in [0.29, 0.717) is 32.0 Å². The fourth-order valence-corrected chi connectivity index (χ4v) is 6.10. The van der Waals surface area contributed by atoms with Gasteiger partial charge in [0.1, 0.15) is 0 Å². The minimum Gasteiger partial charge on any atom is -0.379 e. The van der Waals surface area contributed by atoms with Crippen LogP contribution in [-0.2, 0) is 24.3 Å². The highest BCUT2D eigenvalue weighted by Gasteiger charge is 2.43. The van der Waals surface area contributed by atoms with Gasteiger partial charge in [-0.3, -0.25) is 14.5 Å². The van der Waals surface area contributed by atoms with Crippen molar-refractivity contribution < 1.29 is 22.7 Å². The number of ether oxygens (including phenoxy) is 1. The second-order valence-corrected chi connectivity index (χ2v) is 10.1. The van der Waals surface area contributed by atoms with E-state index in [-0.39, 0.29) is 23.1 Å². The average Bonchev–Trinajstić information content (AvgIpc) is 3.03. The molecule has 0 aromatic heterocycles. The summed E-state index contributed by atoms with van der Waals surface area (Å²) in [7, 11) is -3.60. The highest BCUT2D eigenvalue weighted by atomic mass is 32.2. The summed E-state index contributed by atoms with van der Waals surface area (Å²) in [6, 6.07) is 5.59. The van der Waals surface area contributed by atoms with Crippen molar-refractivity contribution in [1.29, 1.82) is 0 Å². The van der Waals surface area contributed by atoms with Crippen LogP contribution in [0.25, 0.3) is 0 Å². The van der Waals surface area contributed by atoms with E-state index in [0.717, 1.165) is 24.6 Å². The van der Waals surface area contributed by atoms with Gasteiger partial charge in [0.25, 0.3) is 5.91 Å². The van der Waals surface area contributed by atoms with E-state index in [1.54, 1.807) is 0 Å². The molecule has 1 aromatic rings. The fourth-order valence-electron chi connectivity index (χ4n) is 3.76. The van der Waals surface area contributed by atoms with E-state index < -0.39 is 16.1 Å². The minimum absolute atomic E-state index is 0.154. The maximum atomic E-state index is 12.9. The van der Waals surface area contributed by atoms with E-state index in [4.69, 9.17) is 4.74 Å². The molecule has 1 aromatic carbocycles. The van der Waals surface area contributed by atoms with Crippen LogP contribution in [0.15, 0.2) is 29.2 Å². The average molecular weight is 426 g/mol. The predicted molar refractivity (Wildman–Crippen MR) is 106 cm³/mol. The van der Waals surface area contributed by atoms with Crippen LogP contribution in [0.3, 0.4) is 0 Å². The van der Waals surface area contributed by atoms with Crippen LogP contribution in [-0.4, -0.2) is 86.4 Å². The summed E-state index contributed by atoms with van der Waals surface area (Å²) in [5.74, 6) is 1.47. The van der Waals surface area contributed by atoms with Gasteiger partial charge < -0.3 is 4.74 Å². The quantitative estimate of drug-likeness (QED) is 0.645. The van der Waals surface area contributed by atoms with Crippen molar-refractivity contribution in [3.63, 3.8) is 0 Å². The Morgan fingerprint density at radius 1 is 0.964 bits per heavy atom. The number of amides is 2. The lowest BCUT2D eigenvalue weighted by Gasteiger charge is -2.30. The maximum Gasteiger partial charge on any atom is 0.251 e. The summed E-state index contributed by atoms with van der Waals surface area (Å²) in [5.41, 5.74) is 0.421. The molecule has 3 saturated heterocycles. The Bertz CT molecular complexity index is 846. The molecule has 152 valence electrons. The molecule has 4 rings (SSSR count). The summed E-state index contributed by atoms with van der Waals surface area (Å²) in [4.78, 5) is 28.8. The molecule has 3 aliphatic heterocycles. The van der Waals surface area contributed by atoms with Gasteiger partial charge in [-0.15, -0.1) is 0 Å². The normalized spacial score (nSPS) is 25.4. The Balaban J connectivity index is 1.52. The summed E-state index contributed by atoms with van der Waals surface area (Å²) in [5, 5.41) is 0. The first-order valence-corrected chi connectivity index (χ1v) is 11.9. The van der Waals surface area contributed by atoms with E-state index in [1.165, 1.54) is 33.5 Å². The Hall–Kier alpha value is -1.46. The summed E-state index contributed by atoms with van der Waals surface area (Å²) >= 11 is 1.85. The van der Waals surface area contributed by atoms with E-state index in [9.17, 15) is 18.0 Å². The molecule has 3 aliphatic rings. The third-order valence-corrected chi connectivity index (χ3v) is 8.17. The maximum absolute atomic E-state index is 12.9. The molecule has 0 aliphatic carbocycles. The van der Waals surface area contributed by atoms with Gasteiger partial charge in [-0.05, 0) is 24.3 Å². The summed E-state index contributed by atoms with van der Waals surface area (Å²) in [6.07, 6.45) is 0.178. The van der Waals surface area contributed by atoms with Crippen molar-refractivity contribution in [3.8, 4) is 0 Å². The highest BCUT2D eigenvalue weighted by Crippen LogP contribution is 2.28. The third kappa shape index (κ3) is 3.71. The van der Waals surface area contributed by atoms with Crippen LogP contribution >= 0.6 is 11.8 Å². The molecule has 1 atom stereocenters. The Morgan fingerprint density at radius 3 is 2.25 bits per heavy atom. The lowest BCUT2D eigenvalue weighted by molar-refractivity contribution is -0.122. The number of sulfonamides is 1. The number of carbonyl (C=O) groups excluding carboxylic acids is 2. The van der Waals surface area contributed by atoms with Gasteiger partial charge in [-0.25, -0.2) is 13.3 Å². The first-order chi connectivity index (χ1) is 13.5. The highest BCUT2D eigenvalue weighted by molar-refractivity contribution is 7.99. The molecule has 8 nitrogen and oxygen atoms in total.